The van der Waals surface area contributed by atoms with E-state index in [0.717, 1.165) is 16.7 Å². The van der Waals surface area contributed by atoms with Crippen LogP contribution in [0.4, 0.5) is 11.9 Å². The standard InChI is InChI=1S/C39H42N10O6/c1-24-42-37(45-47(24)4)48-20-38(32(50)31(48)35(55-38)49-23-40-30-33(49)43-36(44-34(30)51)41-22-46(2)3)21-54-39(25-10-8-7-9-11-25,26-12-16-28(52-5)17-13-26)27-14-18-29(53-6)19-15-27/h7-19,22-23,31-32,35,50H,20-21H2,1-6H3,(H,43,44,51)/b41-22-/t31-,32+,35-,38-/m1/s1. The van der Waals surface area contributed by atoms with Crippen LogP contribution in [-0.4, -0.2) is 110 Å². The lowest BCUT2D eigenvalue weighted by molar-refractivity contribution is -0.157. The number of nitrogens with one attached hydrogen (secondary N) is 1. The lowest BCUT2D eigenvalue weighted by atomic mass is 9.79. The molecule has 0 radical (unpaired) electrons. The predicted molar refractivity (Wildman–Crippen MR) is 204 cm³/mol. The Labute approximate surface area is 316 Å². The van der Waals surface area contributed by atoms with Gasteiger partial charge in [-0.25, -0.2) is 9.98 Å². The minimum Gasteiger partial charge on any atom is -0.497 e. The van der Waals surface area contributed by atoms with Crippen LogP contribution in [0.15, 0.2) is 95.0 Å². The van der Waals surface area contributed by atoms with Crippen molar-refractivity contribution in [3.05, 3.63) is 118 Å². The van der Waals surface area contributed by atoms with E-state index >= 15 is 0 Å². The Hall–Kier alpha value is -6.10. The molecule has 6 aromatic rings. The fraction of sp³-hybridized carbons (Fsp3) is 0.333. The van der Waals surface area contributed by atoms with Gasteiger partial charge in [-0.1, -0.05) is 54.6 Å². The van der Waals surface area contributed by atoms with Gasteiger partial charge in [0.05, 0.1) is 40.0 Å². The number of hydrogen-bond donors (Lipinski definition) is 2. The van der Waals surface area contributed by atoms with Crippen molar-refractivity contribution in [2.75, 3.05) is 46.4 Å². The molecule has 4 atom stereocenters. The topological polar surface area (TPSA) is 170 Å². The van der Waals surface area contributed by atoms with Crippen molar-refractivity contribution in [2.45, 2.75) is 36.5 Å². The number of methoxy groups -OCH3 is 2. The number of H-pyrrole nitrogens is 1. The summed E-state index contributed by atoms with van der Waals surface area (Å²) in [6.07, 6.45) is 1.05. The Morgan fingerprint density at radius 3 is 2.22 bits per heavy atom. The van der Waals surface area contributed by atoms with Crippen LogP contribution < -0.4 is 19.9 Å². The van der Waals surface area contributed by atoms with Gasteiger partial charge >= 0.3 is 0 Å². The van der Waals surface area contributed by atoms with Crippen molar-refractivity contribution in [3.8, 4) is 11.5 Å². The Kier molecular flexibility index (Phi) is 9.11. The highest BCUT2D eigenvalue weighted by atomic mass is 16.6. The second-order valence-corrected chi connectivity index (χ2v) is 13.9. The molecule has 2 aliphatic heterocycles. The number of aliphatic imine (C=N–C) groups is 1. The number of anilines is 1. The second-order valence-electron chi connectivity index (χ2n) is 13.9. The first-order chi connectivity index (χ1) is 26.6. The van der Waals surface area contributed by atoms with E-state index < -0.39 is 35.1 Å². The smallest absolute Gasteiger partial charge is 0.280 e. The maximum Gasteiger partial charge on any atom is 0.280 e. The molecule has 16 nitrogen and oxygen atoms in total. The number of fused-ring (bicyclic) bond motifs is 3. The zero-order valence-corrected chi connectivity index (χ0v) is 31.3. The van der Waals surface area contributed by atoms with Gasteiger partial charge in [-0.3, -0.25) is 19.0 Å². The van der Waals surface area contributed by atoms with E-state index in [1.165, 1.54) is 12.7 Å². The molecule has 0 unspecified atom stereocenters. The van der Waals surface area contributed by atoms with Crippen LogP contribution in [-0.2, 0) is 22.1 Å². The van der Waals surface area contributed by atoms with Crippen molar-refractivity contribution < 1.29 is 24.1 Å². The Balaban J connectivity index is 1.26. The van der Waals surface area contributed by atoms with Gasteiger partial charge in [0.1, 0.15) is 40.7 Å². The maximum absolute atomic E-state index is 13.2. The fourth-order valence-electron chi connectivity index (χ4n) is 7.49. The number of hydrogen-bond acceptors (Lipinski definition) is 12. The van der Waals surface area contributed by atoms with E-state index in [2.05, 4.69) is 25.0 Å². The van der Waals surface area contributed by atoms with Crippen LogP contribution in [0.25, 0.3) is 11.2 Å². The molecule has 16 heteroatoms. The maximum atomic E-state index is 13.2. The van der Waals surface area contributed by atoms with Crippen molar-refractivity contribution in [3.63, 3.8) is 0 Å². The van der Waals surface area contributed by atoms with Gasteiger partial charge in [-0.05, 0) is 47.9 Å². The molecule has 2 fully saturated rings. The predicted octanol–water partition coefficient (Wildman–Crippen LogP) is 3.32. The van der Waals surface area contributed by atoms with Crippen LogP contribution >= 0.6 is 0 Å². The monoisotopic (exact) mass is 746 g/mol. The molecule has 284 valence electrons. The SMILES string of the molecule is COc1ccc(C(OC[C@@]23CN(c4nc(C)n(C)n4)[C@@H]([C@H](n4cnc5c(=O)[nH]c(/N=C\N(C)C)nc54)O2)[C@@H]3O)(c2ccccc2)c2ccc(OC)cc2)cc1. The summed E-state index contributed by atoms with van der Waals surface area (Å²) in [6, 6.07) is 24.7. The Morgan fingerprint density at radius 2 is 1.64 bits per heavy atom. The average Bonchev–Trinajstić information content (AvgIpc) is 3.94. The van der Waals surface area contributed by atoms with Gasteiger partial charge in [0.25, 0.3) is 5.56 Å². The van der Waals surface area contributed by atoms with E-state index in [-0.39, 0.29) is 30.3 Å². The third-order valence-corrected chi connectivity index (χ3v) is 10.3. The molecule has 3 aromatic heterocycles. The van der Waals surface area contributed by atoms with Gasteiger partial charge in [0, 0.05) is 21.1 Å². The summed E-state index contributed by atoms with van der Waals surface area (Å²) in [5.41, 5.74) is -0.0943. The van der Waals surface area contributed by atoms with E-state index in [9.17, 15) is 9.90 Å². The molecule has 2 N–H and O–H groups in total. The Bertz CT molecular complexity index is 2330. The zero-order valence-electron chi connectivity index (χ0n) is 31.3. The number of aromatic nitrogens is 7. The van der Waals surface area contributed by atoms with Crippen molar-refractivity contribution >= 4 is 29.4 Å². The first-order valence-electron chi connectivity index (χ1n) is 17.7. The summed E-state index contributed by atoms with van der Waals surface area (Å²) in [4.78, 5) is 37.6. The second kappa shape index (κ2) is 14.0. The van der Waals surface area contributed by atoms with Crippen LogP contribution in [0.1, 0.15) is 28.7 Å². The molecule has 8 rings (SSSR count). The number of rotatable bonds is 12. The normalized spacial score (nSPS) is 20.9. The van der Waals surface area contributed by atoms with Crippen LogP contribution in [0.2, 0.25) is 0 Å². The highest BCUT2D eigenvalue weighted by molar-refractivity contribution is 5.71. The third kappa shape index (κ3) is 6.07. The van der Waals surface area contributed by atoms with Crippen LogP contribution in [0.3, 0.4) is 0 Å². The molecule has 55 heavy (non-hydrogen) atoms. The van der Waals surface area contributed by atoms with Crippen LogP contribution in [0.5, 0.6) is 11.5 Å². The van der Waals surface area contributed by atoms with E-state index in [1.54, 1.807) is 28.4 Å². The molecule has 0 amide bonds. The molecule has 2 aliphatic rings. The molecular weight excluding hydrogens is 704 g/mol. The van der Waals surface area contributed by atoms with Gasteiger partial charge in [0.15, 0.2) is 17.4 Å². The van der Waals surface area contributed by atoms with Gasteiger partial charge < -0.3 is 33.9 Å². The highest BCUT2D eigenvalue weighted by Crippen LogP contribution is 2.50. The van der Waals surface area contributed by atoms with Crippen molar-refractivity contribution in [2.24, 2.45) is 12.0 Å². The molecule has 3 aromatic carbocycles. The summed E-state index contributed by atoms with van der Waals surface area (Å²) in [6.45, 7) is 1.99. The van der Waals surface area contributed by atoms with E-state index in [1.807, 2.05) is 112 Å². The first kappa shape index (κ1) is 35.9. The molecular formula is C39H42N10O6. The number of aryl methyl sites for hydroxylation is 2. The highest BCUT2D eigenvalue weighted by Gasteiger charge is 2.66. The summed E-state index contributed by atoms with van der Waals surface area (Å²) >= 11 is 0. The number of nitrogens with zero attached hydrogens (tertiary/aromatic N) is 9. The van der Waals surface area contributed by atoms with Gasteiger partial charge in [0.2, 0.25) is 11.9 Å². The summed E-state index contributed by atoms with van der Waals surface area (Å²) in [7, 11) is 8.70. The number of aliphatic hydroxyl groups excluding tert-OH is 1. The number of aromatic amines is 1. The Morgan fingerprint density at radius 1 is 1.00 bits per heavy atom. The zero-order chi connectivity index (χ0) is 38.5. The van der Waals surface area contributed by atoms with Crippen LogP contribution in [0, 0.1) is 6.92 Å². The lowest BCUT2D eigenvalue weighted by Gasteiger charge is -2.41. The minimum absolute atomic E-state index is 0.0740. The van der Waals surface area contributed by atoms with Gasteiger partial charge in [-0.2, -0.15) is 9.97 Å². The van der Waals surface area contributed by atoms with Gasteiger partial charge in [-0.15, -0.1) is 5.10 Å². The number of imidazole rings is 1. The number of morpholine rings is 1. The van der Waals surface area contributed by atoms with E-state index in [0.29, 0.717) is 23.3 Å². The third-order valence-electron chi connectivity index (χ3n) is 10.3. The quantitative estimate of drug-likeness (QED) is 0.107. The average molecular weight is 747 g/mol. The van der Waals surface area contributed by atoms with Crippen molar-refractivity contribution in [1.29, 1.82) is 0 Å². The van der Waals surface area contributed by atoms with E-state index in [4.69, 9.17) is 23.9 Å². The van der Waals surface area contributed by atoms with Crippen molar-refractivity contribution in [1.82, 2.24) is 39.2 Å². The molecule has 2 bridgehead atoms. The molecule has 0 saturated carbocycles. The largest absolute Gasteiger partial charge is 0.497 e. The summed E-state index contributed by atoms with van der Waals surface area (Å²) < 4.78 is 28.7. The summed E-state index contributed by atoms with van der Waals surface area (Å²) in [5.74, 6) is 2.60. The molecule has 0 spiro atoms. The molecule has 0 aliphatic carbocycles. The molecule has 2 saturated heterocycles. The first-order valence-corrected chi connectivity index (χ1v) is 17.7. The fourth-order valence-corrected chi connectivity index (χ4v) is 7.49. The lowest BCUT2D eigenvalue weighted by Crippen LogP contribution is -2.51. The number of benzene rings is 3. The summed E-state index contributed by atoms with van der Waals surface area (Å²) in [5, 5.41) is 17.1. The minimum atomic E-state index is -1.31. The molecule has 5 heterocycles. The number of aliphatic hydroxyl groups is 1. The number of ether oxygens (including phenoxy) is 4.